The van der Waals surface area contributed by atoms with Gasteiger partial charge in [0.2, 0.25) is 0 Å². The Hall–Kier alpha value is -1.63. The number of nitrogens with one attached hydrogen (secondary N) is 1. The second-order valence-electron chi connectivity index (χ2n) is 5.31. The average Bonchev–Trinajstić information content (AvgIpc) is 2.78. The first-order valence-corrected chi connectivity index (χ1v) is 7.71. The normalized spacial score (nSPS) is 11.1. The fourth-order valence-corrected chi connectivity index (χ4v) is 2.47. The Morgan fingerprint density at radius 1 is 1.29 bits per heavy atom. The van der Waals surface area contributed by atoms with E-state index in [9.17, 15) is 9.59 Å². The number of esters is 1. The summed E-state index contributed by atoms with van der Waals surface area (Å²) in [7, 11) is 0. The molecule has 0 aliphatic rings. The van der Waals surface area contributed by atoms with Crippen LogP contribution in [0.3, 0.4) is 0 Å². The summed E-state index contributed by atoms with van der Waals surface area (Å²) in [5, 5.41) is 3.28. The molecule has 0 saturated heterocycles. The van der Waals surface area contributed by atoms with Crippen molar-refractivity contribution in [3.05, 3.63) is 15.6 Å². The number of aromatic nitrogens is 1. The number of amides is 1. The first-order valence-electron chi connectivity index (χ1n) is 6.89. The highest BCUT2D eigenvalue weighted by Gasteiger charge is 2.20. The minimum Gasteiger partial charge on any atom is -0.461 e. The van der Waals surface area contributed by atoms with Gasteiger partial charge in [-0.25, -0.2) is 14.6 Å². The van der Waals surface area contributed by atoms with Crippen LogP contribution in [0.5, 0.6) is 0 Å². The second kappa shape index (κ2) is 7.40. The molecule has 0 bridgehead atoms. The molecule has 6 nitrogen and oxygen atoms in total. The zero-order valence-corrected chi connectivity index (χ0v) is 13.9. The molecule has 1 rings (SSSR count). The minimum absolute atomic E-state index is 0.228. The largest absolute Gasteiger partial charge is 0.461 e. The molecule has 0 unspecified atom stereocenters. The Balaban J connectivity index is 2.68. The molecule has 1 heterocycles. The summed E-state index contributed by atoms with van der Waals surface area (Å²) in [6, 6.07) is 0. The van der Waals surface area contributed by atoms with Gasteiger partial charge >= 0.3 is 12.1 Å². The van der Waals surface area contributed by atoms with E-state index in [1.54, 1.807) is 27.7 Å². The standard InChI is InChI=1S/C14H22N2O4S/c1-6-9-11(12(17)19-7-2)16-10(21-9)8-15-13(18)20-14(3,4)5/h6-8H2,1-5H3,(H,15,18). The molecule has 7 heteroatoms. The van der Waals surface area contributed by atoms with Gasteiger partial charge in [0.1, 0.15) is 10.6 Å². The van der Waals surface area contributed by atoms with Gasteiger partial charge in [-0.2, -0.15) is 0 Å². The lowest BCUT2D eigenvalue weighted by Crippen LogP contribution is -2.32. The van der Waals surface area contributed by atoms with E-state index < -0.39 is 17.7 Å². The van der Waals surface area contributed by atoms with Gasteiger partial charge in [-0.1, -0.05) is 6.92 Å². The van der Waals surface area contributed by atoms with E-state index in [1.807, 2.05) is 6.92 Å². The van der Waals surface area contributed by atoms with E-state index in [2.05, 4.69) is 10.3 Å². The third-order valence-electron chi connectivity index (χ3n) is 2.31. The van der Waals surface area contributed by atoms with Gasteiger partial charge in [-0.05, 0) is 34.1 Å². The Labute approximate surface area is 128 Å². The molecule has 0 spiro atoms. The molecule has 0 saturated carbocycles. The zero-order chi connectivity index (χ0) is 16.0. The molecule has 1 N–H and O–H groups in total. The van der Waals surface area contributed by atoms with Gasteiger partial charge in [0.25, 0.3) is 0 Å². The summed E-state index contributed by atoms with van der Waals surface area (Å²) in [4.78, 5) is 28.5. The van der Waals surface area contributed by atoms with Gasteiger partial charge in [0, 0.05) is 4.88 Å². The lowest BCUT2D eigenvalue weighted by atomic mass is 10.2. The highest BCUT2D eigenvalue weighted by atomic mass is 32.1. The lowest BCUT2D eigenvalue weighted by molar-refractivity contribution is 0.0515. The minimum atomic E-state index is -0.544. The van der Waals surface area contributed by atoms with Crippen molar-refractivity contribution >= 4 is 23.4 Å². The van der Waals surface area contributed by atoms with Crippen LogP contribution in [-0.2, 0) is 22.4 Å². The van der Waals surface area contributed by atoms with Crippen molar-refractivity contribution in [2.24, 2.45) is 0 Å². The second-order valence-corrected chi connectivity index (χ2v) is 6.48. The third-order valence-corrected chi connectivity index (χ3v) is 3.51. The van der Waals surface area contributed by atoms with Gasteiger partial charge in [-0.15, -0.1) is 11.3 Å². The van der Waals surface area contributed by atoms with Crippen LogP contribution in [0.15, 0.2) is 0 Å². The summed E-state index contributed by atoms with van der Waals surface area (Å²) in [6.07, 6.45) is 0.187. The fourth-order valence-electron chi connectivity index (χ4n) is 1.54. The molecular formula is C14H22N2O4S. The molecule has 1 aromatic heterocycles. The molecule has 0 aliphatic heterocycles. The molecular weight excluding hydrogens is 292 g/mol. The number of hydrogen-bond donors (Lipinski definition) is 1. The van der Waals surface area contributed by atoms with Crippen LogP contribution >= 0.6 is 11.3 Å². The summed E-state index contributed by atoms with van der Waals surface area (Å²) < 4.78 is 10.1. The summed E-state index contributed by atoms with van der Waals surface area (Å²) in [6.45, 7) is 9.62. The molecule has 1 amide bonds. The zero-order valence-electron chi connectivity index (χ0n) is 13.1. The maximum Gasteiger partial charge on any atom is 0.408 e. The Morgan fingerprint density at radius 3 is 2.48 bits per heavy atom. The maximum atomic E-state index is 11.8. The number of alkyl carbamates (subject to hydrolysis) is 1. The van der Waals surface area contributed by atoms with E-state index in [4.69, 9.17) is 9.47 Å². The van der Waals surface area contributed by atoms with E-state index >= 15 is 0 Å². The number of carbonyl (C=O) groups excluding carboxylic acids is 2. The van der Waals surface area contributed by atoms with Crippen molar-refractivity contribution < 1.29 is 19.1 Å². The molecule has 0 fully saturated rings. The first kappa shape index (κ1) is 17.4. The van der Waals surface area contributed by atoms with Crippen LogP contribution in [-0.4, -0.2) is 29.3 Å². The molecule has 0 aliphatic carbocycles. The average molecular weight is 314 g/mol. The number of aryl methyl sites for hydroxylation is 1. The van der Waals surface area contributed by atoms with Crippen molar-refractivity contribution in [2.45, 2.75) is 53.2 Å². The third kappa shape index (κ3) is 5.71. The van der Waals surface area contributed by atoms with Gasteiger partial charge in [0.05, 0.1) is 13.2 Å². The molecule has 21 heavy (non-hydrogen) atoms. The number of hydrogen-bond acceptors (Lipinski definition) is 6. The van der Waals surface area contributed by atoms with Gasteiger partial charge in [-0.3, -0.25) is 0 Å². The van der Waals surface area contributed by atoms with E-state index in [1.165, 1.54) is 11.3 Å². The fraction of sp³-hybridized carbons (Fsp3) is 0.643. The van der Waals surface area contributed by atoms with Gasteiger partial charge < -0.3 is 14.8 Å². The summed E-state index contributed by atoms with van der Waals surface area (Å²) in [5.74, 6) is -0.422. The van der Waals surface area contributed by atoms with Crippen molar-refractivity contribution in [3.63, 3.8) is 0 Å². The van der Waals surface area contributed by atoms with Crippen molar-refractivity contribution in [1.82, 2.24) is 10.3 Å². The number of nitrogens with zero attached hydrogens (tertiary/aromatic N) is 1. The molecule has 118 valence electrons. The Bertz CT molecular complexity index is 506. The van der Waals surface area contributed by atoms with Crippen LogP contribution in [0.4, 0.5) is 4.79 Å². The lowest BCUT2D eigenvalue weighted by Gasteiger charge is -2.19. The number of carbonyl (C=O) groups is 2. The van der Waals surface area contributed by atoms with Crippen molar-refractivity contribution in [3.8, 4) is 0 Å². The molecule has 1 aromatic rings. The number of rotatable bonds is 5. The maximum absolute atomic E-state index is 11.8. The highest BCUT2D eigenvalue weighted by molar-refractivity contribution is 7.11. The molecule has 0 radical (unpaired) electrons. The van der Waals surface area contributed by atoms with E-state index in [0.717, 1.165) is 4.88 Å². The van der Waals surface area contributed by atoms with Crippen molar-refractivity contribution in [2.75, 3.05) is 6.61 Å². The van der Waals surface area contributed by atoms with Gasteiger partial charge in [0.15, 0.2) is 5.69 Å². The van der Waals surface area contributed by atoms with E-state index in [0.29, 0.717) is 23.7 Å². The number of thiazole rings is 1. The summed E-state index contributed by atoms with van der Waals surface area (Å²) >= 11 is 1.39. The van der Waals surface area contributed by atoms with Crippen LogP contribution in [0.1, 0.15) is 55.0 Å². The van der Waals surface area contributed by atoms with E-state index in [-0.39, 0.29) is 6.54 Å². The van der Waals surface area contributed by atoms with Crippen molar-refractivity contribution in [1.29, 1.82) is 0 Å². The molecule has 0 aromatic carbocycles. The SMILES string of the molecule is CCOC(=O)c1nc(CNC(=O)OC(C)(C)C)sc1CC. The van der Waals surface area contributed by atoms with Crippen LogP contribution < -0.4 is 5.32 Å². The monoisotopic (exact) mass is 314 g/mol. The topological polar surface area (TPSA) is 77.5 Å². The number of ether oxygens (including phenoxy) is 2. The smallest absolute Gasteiger partial charge is 0.408 e. The quantitative estimate of drug-likeness (QED) is 0.846. The van der Waals surface area contributed by atoms with Crippen LogP contribution in [0.25, 0.3) is 0 Å². The first-order chi connectivity index (χ1) is 9.76. The Morgan fingerprint density at radius 2 is 1.95 bits per heavy atom. The van der Waals surface area contributed by atoms with Crippen LogP contribution in [0.2, 0.25) is 0 Å². The molecule has 0 atom stereocenters. The highest BCUT2D eigenvalue weighted by Crippen LogP contribution is 2.20. The predicted octanol–water partition coefficient (Wildman–Crippen LogP) is 2.91. The predicted molar refractivity (Wildman–Crippen MR) is 80.5 cm³/mol. The van der Waals surface area contributed by atoms with Crippen LogP contribution in [0, 0.1) is 0 Å². The summed E-state index contributed by atoms with van der Waals surface area (Å²) in [5.41, 5.74) is -0.206. The Kier molecular flexibility index (Phi) is 6.14.